The molecule has 0 N–H and O–H groups in total. The minimum atomic E-state index is 0.644. The number of hydrogen-bond acceptors (Lipinski definition) is 3. The Hall–Kier alpha value is -1.18. The van der Waals surface area contributed by atoms with E-state index in [4.69, 9.17) is 12.2 Å². The van der Waals surface area contributed by atoms with Crippen molar-refractivity contribution >= 4 is 12.2 Å². The van der Waals surface area contributed by atoms with E-state index in [1.54, 1.807) is 0 Å². The van der Waals surface area contributed by atoms with Crippen LogP contribution in [-0.2, 0) is 6.67 Å². The molecule has 0 bridgehead atoms. The first-order valence-corrected chi connectivity index (χ1v) is 7.27. The summed E-state index contributed by atoms with van der Waals surface area (Å²) in [6, 6.07) is 4.29. The molecule has 102 valence electrons. The van der Waals surface area contributed by atoms with Gasteiger partial charge in [0.15, 0.2) is 0 Å². The third-order valence-electron chi connectivity index (χ3n) is 4.03. The van der Waals surface area contributed by atoms with Crippen molar-refractivity contribution in [2.45, 2.75) is 40.3 Å². The molecule has 0 aromatic carbocycles. The minimum Gasteiger partial charge on any atom is -0.322 e. The van der Waals surface area contributed by atoms with Gasteiger partial charge in [0.1, 0.15) is 10.7 Å². The Bertz CT molecular complexity index is 560. The summed E-state index contributed by atoms with van der Waals surface area (Å²) in [5, 5.41) is 9.21. The van der Waals surface area contributed by atoms with E-state index in [-0.39, 0.29) is 0 Å². The number of aryl methyl sites for hydroxylation is 2. The van der Waals surface area contributed by atoms with Crippen molar-refractivity contribution in [2.75, 3.05) is 13.1 Å². The van der Waals surface area contributed by atoms with Crippen molar-refractivity contribution in [1.29, 1.82) is 5.26 Å². The number of hydrogen-bond donors (Lipinski definition) is 0. The van der Waals surface area contributed by atoms with Gasteiger partial charge < -0.3 is 4.57 Å². The first kappa shape index (κ1) is 14.2. The molecule has 0 aliphatic carbocycles. The molecule has 2 rings (SSSR count). The molecule has 19 heavy (non-hydrogen) atoms. The molecule has 1 aromatic rings. The van der Waals surface area contributed by atoms with Crippen molar-refractivity contribution in [3.63, 3.8) is 0 Å². The van der Waals surface area contributed by atoms with E-state index < -0.39 is 0 Å². The summed E-state index contributed by atoms with van der Waals surface area (Å²) >= 11 is 5.47. The zero-order valence-corrected chi connectivity index (χ0v) is 12.8. The van der Waals surface area contributed by atoms with E-state index in [1.807, 2.05) is 6.92 Å². The average molecular weight is 275 g/mol. The minimum absolute atomic E-state index is 0.644. The molecule has 3 nitrogen and oxygen atoms in total. The highest BCUT2D eigenvalue weighted by Crippen LogP contribution is 2.19. The van der Waals surface area contributed by atoms with Crippen LogP contribution in [0.1, 0.15) is 36.6 Å². The van der Waals surface area contributed by atoms with Gasteiger partial charge in [-0.1, -0.05) is 19.1 Å². The Morgan fingerprint density at radius 2 is 2.00 bits per heavy atom. The molecule has 0 unspecified atom stereocenters. The first-order valence-electron chi connectivity index (χ1n) is 6.86. The lowest BCUT2D eigenvalue weighted by Gasteiger charge is -2.31. The highest BCUT2D eigenvalue weighted by molar-refractivity contribution is 7.71. The van der Waals surface area contributed by atoms with E-state index in [1.165, 1.54) is 12.8 Å². The van der Waals surface area contributed by atoms with Gasteiger partial charge in [0.2, 0.25) is 0 Å². The van der Waals surface area contributed by atoms with Crippen LogP contribution in [0.4, 0.5) is 0 Å². The molecule has 4 heteroatoms. The largest absolute Gasteiger partial charge is 0.322 e. The van der Waals surface area contributed by atoms with Gasteiger partial charge in [-0.3, -0.25) is 4.90 Å². The molecule has 0 saturated carbocycles. The molecule has 0 radical (unpaired) electrons. The standard InChI is InChI=1S/C15H21N3S/c1-11-4-6-17(7-5-11)10-18-13(3)8-12(2)14(9-16)15(18)19/h8,11H,4-7,10H2,1-3H3. The van der Waals surface area contributed by atoms with Gasteiger partial charge in [-0.25, -0.2) is 0 Å². The number of aromatic nitrogens is 1. The van der Waals surface area contributed by atoms with E-state index in [9.17, 15) is 5.26 Å². The van der Waals surface area contributed by atoms with Crippen LogP contribution in [0.2, 0.25) is 0 Å². The fourth-order valence-corrected chi connectivity index (χ4v) is 3.05. The molecule has 1 saturated heterocycles. The summed E-state index contributed by atoms with van der Waals surface area (Å²) in [6.45, 7) is 9.39. The maximum Gasteiger partial charge on any atom is 0.125 e. The molecule has 1 aliphatic heterocycles. The predicted molar refractivity (Wildman–Crippen MR) is 79.4 cm³/mol. The van der Waals surface area contributed by atoms with Crippen LogP contribution in [0.25, 0.3) is 0 Å². The van der Waals surface area contributed by atoms with E-state index in [2.05, 4.69) is 35.5 Å². The number of nitrogens with zero attached hydrogens (tertiary/aromatic N) is 3. The Morgan fingerprint density at radius 3 is 2.58 bits per heavy atom. The number of nitriles is 1. The van der Waals surface area contributed by atoms with Crippen molar-refractivity contribution < 1.29 is 0 Å². The molecule has 0 atom stereocenters. The van der Waals surface area contributed by atoms with Crippen LogP contribution >= 0.6 is 12.2 Å². The Balaban J connectivity index is 2.26. The summed E-state index contributed by atoms with van der Waals surface area (Å²) in [4.78, 5) is 2.43. The van der Waals surface area contributed by atoms with E-state index in [0.29, 0.717) is 10.2 Å². The molecular weight excluding hydrogens is 254 g/mol. The Kier molecular flexibility index (Phi) is 4.38. The SMILES string of the molecule is Cc1cc(C)n(CN2CCC(C)CC2)c(=S)c1C#N. The topological polar surface area (TPSA) is 32.0 Å². The van der Waals surface area contributed by atoms with E-state index in [0.717, 1.165) is 36.9 Å². The van der Waals surface area contributed by atoms with Crippen molar-refractivity contribution in [3.8, 4) is 6.07 Å². The van der Waals surface area contributed by atoms with Gasteiger partial charge in [0, 0.05) is 18.8 Å². The second kappa shape index (κ2) is 5.85. The zero-order valence-electron chi connectivity index (χ0n) is 11.9. The molecular formula is C15H21N3S. The quantitative estimate of drug-likeness (QED) is 0.775. The van der Waals surface area contributed by atoms with Crippen LogP contribution in [-0.4, -0.2) is 22.6 Å². The third kappa shape index (κ3) is 3.05. The molecule has 0 spiro atoms. The number of likely N-dealkylation sites (tertiary alicyclic amines) is 1. The Labute approximate surface area is 120 Å². The average Bonchev–Trinajstić information content (AvgIpc) is 2.37. The van der Waals surface area contributed by atoms with Gasteiger partial charge in [0.25, 0.3) is 0 Å². The summed E-state index contributed by atoms with van der Waals surface area (Å²) in [5.41, 5.74) is 2.76. The summed E-state index contributed by atoms with van der Waals surface area (Å²) < 4.78 is 2.77. The lowest BCUT2D eigenvalue weighted by Crippen LogP contribution is -2.35. The fraction of sp³-hybridized carbons (Fsp3) is 0.600. The van der Waals surface area contributed by atoms with Crippen molar-refractivity contribution in [2.24, 2.45) is 5.92 Å². The van der Waals surface area contributed by atoms with Gasteiger partial charge in [-0.15, -0.1) is 0 Å². The maximum atomic E-state index is 9.21. The maximum absolute atomic E-state index is 9.21. The molecule has 2 heterocycles. The monoisotopic (exact) mass is 275 g/mol. The number of pyridine rings is 1. The predicted octanol–water partition coefficient (Wildman–Crippen LogP) is 3.40. The third-order valence-corrected chi connectivity index (χ3v) is 4.46. The molecule has 1 fully saturated rings. The lowest BCUT2D eigenvalue weighted by molar-refractivity contribution is 0.152. The summed E-state index contributed by atoms with van der Waals surface area (Å²) in [6.07, 6.45) is 2.51. The van der Waals surface area contributed by atoms with Crippen LogP contribution in [0, 0.1) is 35.7 Å². The highest BCUT2D eigenvalue weighted by Gasteiger charge is 2.17. The molecule has 0 amide bonds. The van der Waals surface area contributed by atoms with Crippen LogP contribution in [0.15, 0.2) is 6.07 Å². The van der Waals surface area contributed by atoms with Gasteiger partial charge in [-0.05, 0) is 44.2 Å². The van der Waals surface area contributed by atoms with Gasteiger partial charge in [0.05, 0.1) is 12.2 Å². The fourth-order valence-electron chi connectivity index (χ4n) is 2.64. The zero-order chi connectivity index (χ0) is 14.0. The van der Waals surface area contributed by atoms with Gasteiger partial charge >= 0.3 is 0 Å². The smallest absolute Gasteiger partial charge is 0.125 e. The lowest BCUT2D eigenvalue weighted by atomic mass is 10.00. The van der Waals surface area contributed by atoms with Crippen LogP contribution in [0.5, 0.6) is 0 Å². The second-order valence-electron chi connectivity index (χ2n) is 5.63. The number of rotatable bonds is 2. The first-order chi connectivity index (χ1) is 9.02. The highest BCUT2D eigenvalue weighted by atomic mass is 32.1. The Morgan fingerprint density at radius 1 is 1.37 bits per heavy atom. The van der Waals surface area contributed by atoms with Crippen molar-refractivity contribution in [1.82, 2.24) is 9.47 Å². The summed E-state index contributed by atoms with van der Waals surface area (Å²) in [5.74, 6) is 0.831. The molecule has 1 aromatic heterocycles. The van der Waals surface area contributed by atoms with Crippen molar-refractivity contribution in [3.05, 3.63) is 27.5 Å². The second-order valence-corrected chi connectivity index (χ2v) is 6.02. The molecule has 1 aliphatic rings. The van der Waals surface area contributed by atoms with E-state index >= 15 is 0 Å². The summed E-state index contributed by atoms with van der Waals surface area (Å²) in [7, 11) is 0. The normalized spacial score (nSPS) is 17.4. The van der Waals surface area contributed by atoms with Crippen LogP contribution in [0.3, 0.4) is 0 Å². The number of piperidine rings is 1. The van der Waals surface area contributed by atoms with Gasteiger partial charge in [-0.2, -0.15) is 5.26 Å². The van der Waals surface area contributed by atoms with Crippen LogP contribution < -0.4 is 0 Å².